The maximum atomic E-state index is 12.9. The number of fused-ring (bicyclic) bond motifs is 3. The van der Waals surface area contributed by atoms with Crippen LogP contribution in [0.25, 0.3) is 0 Å². The Labute approximate surface area is 158 Å². The fraction of sp³-hybridized carbons (Fsp3) is 0.391. The third-order valence-corrected chi connectivity index (χ3v) is 6.60. The molecule has 2 saturated carbocycles. The van der Waals surface area contributed by atoms with Gasteiger partial charge in [-0.3, -0.25) is 9.59 Å². The number of amides is 1. The van der Waals surface area contributed by atoms with E-state index in [0.29, 0.717) is 23.7 Å². The Morgan fingerprint density at radius 1 is 1.15 bits per heavy atom. The first-order chi connectivity index (χ1) is 13.1. The molecule has 27 heavy (non-hydrogen) atoms. The first-order valence-corrected chi connectivity index (χ1v) is 9.76. The SMILES string of the molecule is C[C@H](NC(=O)[C@@H]1[C@H]2CC[C@@]3(CC(=O)c4ccccc4O3)[C@@H]21)c1ccccc1. The summed E-state index contributed by atoms with van der Waals surface area (Å²) in [5.74, 6) is 1.36. The van der Waals surface area contributed by atoms with Crippen LogP contribution in [0.1, 0.15) is 48.1 Å². The van der Waals surface area contributed by atoms with Gasteiger partial charge in [0.25, 0.3) is 0 Å². The molecule has 0 radical (unpaired) electrons. The zero-order chi connectivity index (χ0) is 18.6. The van der Waals surface area contributed by atoms with Crippen molar-refractivity contribution >= 4 is 11.7 Å². The average Bonchev–Trinajstić information content (AvgIpc) is 3.34. The summed E-state index contributed by atoms with van der Waals surface area (Å²) in [5.41, 5.74) is 1.28. The molecule has 1 N–H and O–H groups in total. The van der Waals surface area contributed by atoms with Gasteiger partial charge >= 0.3 is 0 Å². The summed E-state index contributed by atoms with van der Waals surface area (Å²) >= 11 is 0. The van der Waals surface area contributed by atoms with Gasteiger partial charge in [0.05, 0.1) is 18.0 Å². The van der Waals surface area contributed by atoms with Crippen LogP contribution >= 0.6 is 0 Å². The molecule has 0 aromatic heterocycles. The summed E-state index contributed by atoms with van der Waals surface area (Å²) in [4.78, 5) is 25.6. The highest BCUT2D eigenvalue weighted by Gasteiger charge is 2.70. The van der Waals surface area contributed by atoms with Crippen molar-refractivity contribution in [3.63, 3.8) is 0 Å². The van der Waals surface area contributed by atoms with Crippen LogP contribution < -0.4 is 10.1 Å². The number of para-hydroxylation sites is 1. The third-order valence-electron chi connectivity index (χ3n) is 6.60. The first kappa shape index (κ1) is 16.5. The Hall–Kier alpha value is -2.62. The Morgan fingerprint density at radius 3 is 2.70 bits per heavy atom. The lowest BCUT2D eigenvalue weighted by Gasteiger charge is -2.37. The van der Waals surface area contributed by atoms with E-state index in [2.05, 4.69) is 5.32 Å². The predicted octanol–water partition coefficient (Wildman–Crippen LogP) is 3.92. The van der Waals surface area contributed by atoms with Gasteiger partial charge in [-0.05, 0) is 43.4 Å². The van der Waals surface area contributed by atoms with E-state index in [9.17, 15) is 9.59 Å². The lowest BCUT2D eigenvalue weighted by Crippen LogP contribution is -2.44. The van der Waals surface area contributed by atoms with Gasteiger partial charge in [0.2, 0.25) is 5.91 Å². The Balaban J connectivity index is 1.33. The standard InChI is InChI=1S/C23H23NO3/c1-14(15-7-3-2-4-8-15)24-22(26)20-17-11-12-23(21(17)20)13-18(25)16-9-5-6-10-19(16)27-23/h2-10,14,17,20-21H,11-13H2,1H3,(H,24,26)/t14-,17+,20+,21-,23+/m0/s1. The molecule has 1 heterocycles. The van der Waals surface area contributed by atoms with Crippen molar-refractivity contribution in [2.45, 2.75) is 37.8 Å². The molecular weight excluding hydrogens is 338 g/mol. The van der Waals surface area contributed by atoms with Crippen LogP contribution in [0, 0.1) is 17.8 Å². The van der Waals surface area contributed by atoms with E-state index >= 15 is 0 Å². The molecular formula is C23H23NO3. The number of Topliss-reactive ketones (excluding diaryl/α,β-unsaturated/α-hetero) is 1. The monoisotopic (exact) mass is 361 g/mol. The molecule has 5 rings (SSSR count). The normalized spacial score (nSPS) is 31.6. The summed E-state index contributed by atoms with van der Waals surface area (Å²) in [7, 11) is 0. The minimum Gasteiger partial charge on any atom is -0.486 e. The van der Waals surface area contributed by atoms with Crippen LogP contribution in [0.4, 0.5) is 0 Å². The third kappa shape index (κ3) is 2.58. The topological polar surface area (TPSA) is 55.4 Å². The number of rotatable bonds is 3. The van der Waals surface area contributed by atoms with Crippen molar-refractivity contribution in [3.05, 3.63) is 65.7 Å². The average molecular weight is 361 g/mol. The summed E-state index contributed by atoms with van der Waals surface area (Å²) in [6.07, 6.45) is 2.21. The van der Waals surface area contributed by atoms with Crippen LogP contribution in [-0.2, 0) is 4.79 Å². The van der Waals surface area contributed by atoms with E-state index in [1.54, 1.807) is 0 Å². The highest BCUT2D eigenvalue weighted by Crippen LogP contribution is 2.65. The van der Waals surface area contributed by atoms with Gasteiger partial charge in [0.1, 0.15) is 11.4 Å². The van der Waals surface area contributed by atoms with E-state index in [1.807, 2.05) is 61.5 Å². The molecule has 5 atom stereocenters. The van der Waals surface area contributed by atoms with Crippen LogP contribution in [0.2, 0.25) is 0 Å². The summed E-state index contributed by atoms with van der Waals surface area (Å²) in [6.45, 7) is 2.01. The van der Waals surface area contributed by atoms with E-state index < -0.39 is 5.60 Å². The number of hydrogen-bond donors (Lipinski definition) is 1. The molecule has 2 aromatic rings. The van der Waals surface area contributed by atoms with Crippen molar-refractivity contribution in [2.75, 3.05) is 0 Å². The molecule has 4 nitrogen and oxygen atoms in total. The number of hydrogen-bond acceptors (Lipinski definition) is 3. The van der Waals surface area contributed by atoms with E-state index in [-0.39, 0.29) is 29.6 Å². The number of benzene rings is 2. The number of ketones is 1. The smallest absolute Gasteiger partial charge is 0.224 e. The Kier molecular flexibility index (Phi) is 3.64. The lowest BCUT2D eigenvalue weighted by atomic mass is 9.84. The summed E-state index contributed by atoms with van der Waals surface area (Å²) < 4.78 is 6.37. The van der Waals surface area contributed by atoms with Crippen LogP contribution in [0.3, 0.4) is 0 Å². The molecule has 4 heteroatoms. The molecule has 2 aromatic carbocycles. The van der Waals surface area contributed by atoms with Crippen LogP contribution in [-0.4, -0.2) is 17.3 Å². The molecule has 1 amide bonds. The van der Waals surface area contributed by atoms with E-state index in [4.69, 9.17) is 4.74 Å². The van der Waals surface area contributed by atoms with Crippen molar-refractivity contribution in [2.24, 2.45) is 17.8 Å². The van der Waals surface area contributed by atoms with Gasteiger partial charge in [-0.25, -0.2) is 0 Å². The van der Waals surface area contributed by atoms with Crippen molar-refractivity contribution in [1.29, 1.82) is 0 Å². The molecule has 2 fully saturated rings. The molecule has 0 saturated heterocycles. The molecule has 138 valence electrons. The Morgan fingerprint density at radius 2 is 1.89 bits per heavy atom. The molecule has 1 spiro atoms. The predicted molar refractivity (Wildman–Crippen MR) is 101 cm³/mol. The van der Waals surface area contributed by atoms with E-state index in [1.165, 1.54) is 0 Å². The molecule has 1 aliphatic heterocycles. The molecule has 2 aliphatic carbocycles. The zero-order valence-electron chi connectivity index (χ0n) is 15.4. The molecule has 0 bridgehead atoms. The van der Waals surface area contributed by atoms with Crippen molar-refractivity contribution in [3.8, 4) is 5.75 Å². The Bertz CT molecular complexity index is 909. The minimum atomic E-state index is -0.492. The largest absolute Gasteiger partial charge is 0.486 e. The van der Waals surface area contributed by atoms with Gasteiger partial charge in [-0.2, -0.15) is 0 Å². The highest BCUT2D eigenvalue weighted by atomic mass is 16.5. The van der Waals surface area contributed by atoms with Crippen molar-refractivity contribution in [1.82, 2.24) is 5.32 Å². The van der Waals surface area contributed by atoms with Gasteiger partial charge in [-0.15, -0.1) is 0 Å². The number of carbonyl (C=O) groups excluding carboxylic acids is 2. The quantitative estimate of drug-likeness (QED) is 0.901. The fourth-order valence-corrected chi connectivity index (χ4v) is 5.25. The zero-order valence-corrected chi connectivity index (χ0v) is 15.4. The maximum absolute atomic E-state index is 12.9. The number of nitrogens with one attached hydrogen (secondary N) is 1. The maximum Gasteiger partial charge on any atom is 0.224 e. The minimum absolute atomic E-state index is 0.0226. The van der Waals surface area contributed by atoms with Gasteiger partial charge in [0.15, 0.2) is 5.78 Å². The highest BCUT2D eigenvalue weighted by molar-refractivity contribution is 6.00. The second kappa shape index (κ2) is 5.95. The fourth-order valence-electron chi connectivity index (χ4n) is 5.25. The first-order valence-electron chi connectivity index (χ1n) is 9.76. The number of carbonyl (C=O) groups is 2. The van der Waals surface area contributed by atoms with Gasteiger partial charge in [0, 0.05) is 11.8 Å². The van der Waals surface area contributed by atoms with Gasteiger partial charge < -0.3 is 10.1 Å². The number of ether oxygens (including phenoxy) is 1. The van der Waals surface area contributed by atoms with Crippen LogP contribution in [0.15, 0.2) is 54.6 Å². The second-order valence-corrected chi connectivity index (χ2v) is 8.16. The van der Waals surface area contributed by atoms with E-state index in [0.717, 1.165) is 18.4 Å². The molecule has 3 aliphatic rings. The van der Waals surface area contributed by atoms with Gasteiger partial charge in [-0.1, -0.05) is 42.5 Å². The second-order valence-electron chi connectivity index (χ2n) is 8.16. The van der Waals surface area contributed by atoms with Crippen LogP contribution in [0.5, 0.6) is 5.75 Å². The summed E-state index contributed by atoms with van der Waals surface area (Å²) in [5, 5.41) is 3.16. The van der Waals surface area contributed by atoms with Crippen molar-refractivity contribution < 1.29 is 14.3 Å². The summed E-state index contributed by atoms with van der Waals surface area (Å²) in [6, 6.07) is 17.4. The lowest BCUT2D eigenvalue weighted by molar-refractivity contribution is -0.124. The molecule has 0 unspecified atom stereocenters.